The van der Waals surface area contributed by atoms with Crippen LogP contribution < -0.4 is 10.2 Å². The third-order valence-electron chi connectivity index (χ3n) is 3.54. The average molecular weight is 314 g/mol. The van der Waals surface area contributed by atoms with E-state index in [4.69, 9.17) is 0 Å². The van der Waals surface area contributed by atoms with Crippen molar-refractivity contribution in [3.05, 3.63) is 47.9 Å². The Bertz CT molecular complexity index is 643. The zero-order valence-corrected chi connectivity index (χ0v) is 13.5. The summed E-state index contributed by atoms with van der Waals surface area (Å²) in [6.07, 6.45) is 5.70. The second kappa shape index (κ2) is 8.24. The number of hydrogen-bond acceptors (Lipinski definition) is 5. The lowest BCUT2D eigenvalue weighted by Gasteiger charge is -2.21. The molecule has 0 atom stereocenters. The molecule has 122 valence electrons. The molecule has 6 heteroatoms. The molecular formula is C17H22N4O2. The maximum atomic E-state index is 12.3. The van der Waals surface area contributed by atoms with E-state index in [1.807, 2.05) is 6.07 Å². The van der Waals surface area contributed by atoms with Crippen LogP contribution in [0.1, 0.15) is 36.2 Å². The van der Waals surface area contributed by atoms with Gasteiger partial charge in [0.15, 0.2) is 0 Å². The van der Waals surface area contributed by atoms with Crippen molar-refractivity contribution in [1.29, 1.82) is 0 Å². The summed E-state index contributed by atoms with van der Waals surface area (Å²) in [5, 5.41) is 12.0. The highest BCUT2D eigenvalue weighted by molar-refractivity contribution is 6.04. The van der Waals surface area contributed by atoms with E-state index in [0.29, 0.717) is 16.8 Å². The molecule has 0 aromatic carbocycles. The van der Waals surface area contributed by atoms with Gasteiger partial charge in [0.05, 0.1) is 24.1 Å². The number of aromatic nitrogens is 2. The van der Waals surface area contributed by atoms with Crippen molar-refractivity contribution in [1.82, 2.24) is 9.97 Å². The van der Waals surface area contributed by atoms with Crippen molar-refractivity contribution in [3.8, 4) is 0 Å². The van der Waals surface area contributed by atoms with Crippen molar-refractivity contribution in [2.24, 2.45) is 0 Å². The molecule has 2 heterocycles. The van der Waals surface area contributed by atoms with Crippen molar-refractivity contribution in [3.63, 3.8) is 0 Å². The smallest absolute Gasteiger partial charge is 0.257 e. The van der Waals surface area contributed by atoms with Gasteiger partial charge in [0.2, 0.25) is 0 Å². The summed E-state index contributed by atoms with van der Waals surface area (Å²) < 4.78 is 0. The number of nitrogens with zero attached hydrogens (tertiary/aromatic N) is 3. The molecule has 0 radical (unpaired) electrons. The first kappa shape index (κ1) is 16.9. The van der Waals surface area contributed by atoms with E-state index in [2.05, 4.69) is 34.0 Å². The third kappa shape index (κ3) is 4.26. The molecule has 0 spiro atoms. The summed E-state index contributed by atoms with van der Waals surface area (Å²) in [5.41, 5.74) is 1.59. The Morgan fingerprint density at radius 3 is 2.70 bits per heavy atom. The van der Waals surface area contributed by atoms with Gasteiger partial charge in [-0.05, 0) is 31.5 Å². The topological polar surface area (TPSA) is 78.4 Å². The van der Waals surface area contributed by atoms with Gasteiger partial charge in [0.1, 0.15) is 5.82 Å². The maximum Gasteiger partial charge on any atom is 0.257 e. The van der Waals surface area contributed by atoms with E-state index in [9.17, 15) is 9.90 Å². The third-order valence-corrected chi connectivity index (χ3v) is 3.54. The maximum absolute atomic E-state index is 12.3. The van der Waals surface area contributed by atoms with Crippen LogP contribution in [-0.4, -0.2) is 34.1 Å². The van der Waals surface area contributed by atoms with Crippen LogP contribution in [0.25, 0.3) is 0 Å². The summed E-state index contributed by atoms with van der Waals surface area (Å²) in [4.78, 5) is 22.8. The molecule has 0 unspecified atom stereocenters. The molecule has 23 heavy (non-hydrogen) atoms. The van der Waals surface area contributed by atoms with E-state index >= 15 is 0 Å². The van der Waals surface area contributed by atoms with Gasteiger partial charge in [0.25, 0.3) is 5.91 Å². The minimum Gasteiger partial charge on any atom is -0.392 e. The summed E-state index contributed by atoms with van der Waals surface area (Å²) >= 11 is 0. The largest absolute Gasteiger partial charge is 0.392 e. The van der Waals surface area contributed by atoms with E-state index in [1.165, 1.54) is 6.20 Å². The van der Waals surface area contributed by atoms with Gasteiger partial charge >= 0.3 is 0 Å². The van der Waals surface area contributed by atoms with Crippen molar-refractivity contribution < 1.29 is 9.90 Å². The minimum absolute atomic E-state index is 0.155. The van der Waals surface area contributed by atoms with Crippen LogP contribution in [0.5, 0.6) is 0 Å². The molecule has 0 bridgehead atoms. The molecule has 0 aliphatic rings. The highest BCUT2D eigenvalue weighted by atomic mass is 16.3. The predicted molar refractivity (Wildman–Crippen MR) is 90.5 cm³/mol. The Labute approximate surface area is 136 Å². The quantitative estimate of drug-likeness (QED) is 0.821. The first-order valence-corrected chi connectivity index (χ1v) is 7.75. The number of carbonyl (C=O) groups excluding carboxylic acids is 1. The molecule has 2 rings (SSSR count). The van der Waals surface area contributed by atoms with E-state index in [1.54, 1.807) is 24.5 Å². The van der Waals surface area contributed by atoms with Crippen LogP contribution in [0.2, 0.25) is 0 Å². The van der Waals surface area contributed by atoms with E-state index in [0.717, 1.165) is 25.3 Å². The fourth-order valence-electron chi connectivity index (χ4n) is 2.28. The molecule has 2 N–H and O–H groups in total. The predicted octanol–water partition coefficient (Wildman–Crippen LogP) is 2.46. The Kier molecular flexibility index (Phi) is 6.05. The van der Waals surface area contributed by atoms with Gasteiger partial charge < -0.3 is 15.3 Å². The summed E-state index contributed by atoms with van der Waals surface area (Å²) in [6.45, 7) is 5.86. The molecule has 6 nitrogen and oxygen atoms in total. The molecule has 0 saturated carbocycles. The number of pyridine rings is 2. The normalized spacial score (nSPS) is 10.4. The zero-order chi connectivity index (χ0) is 16.7. The lowest BCUT2D eigenvalue weighted by Crippen LogP contribution is -2.24. The second-order valence-corrected chi connectivity index (χ2v) is 5.13. The number of anilines is 2. The summed E-state index contributed by atoms with van der Waals surface area (Å²) in [7, 11) is 0. The van der Waals surface area contributed by atoms with Gasteiger partial charge in [-0.2, -0.15) is 0 Å². The van der Waals surface area contributed by atoms with Gasteiger partial charge in [-0.3, -0.25) is 9.78 Å². The molecule has 2 aromatic rings. The molecule has 0 aliphatic heterocycles. The number of aliphatic hydroxyl groups excluding tert-OH is 1. The van der Waals surface area contributed by atoms with E-state index < -0.39 is 0 Å². The van der Waals surface area contributed by atoms with Gasteiger partial charge in [-0.1, -0.05) is 6.92 Å². The molecule has 1 amide bonds. The van der Waals surface area contributed by atoms with Crippen molar-refractivity contribution in [2.75, 3.05) is 23.3 Å². The Morgan fingerprint density at radius 1 is 1.26 bits per heavy atom. The Hall–Kier alpha value is -2.47. The van der Waals surface area contributed by atoms with Crippen molar-refractivity contribution >= 4 is 17.4 Å². The van der Waals surface area contributed by atoms with Crippen LogP contribution in [-0.2, 0) is 6.61 Å². The number of nitrogens with one attached hydrogen (secondary N) is 1. The molecule has 2 aromatic heterocycles. The molecular weight excluding hydrogens is 292 g/mol. The average Bonchev–Trinajstić information content (AvgIpc) is 2.60. The minimum atomic E-state index is -0.273. The van der Waals surface area contributed by atoms with Crippen LogP contribution in [0, 0.1) is 0 Å². The monoisotopic (exact) mass is 314 g/mol. The lowest BCUT2D eigenvalue weighted by atomic mass is 10.2. The molecule has 0 aliphatic carbocycles. The standard InChI is InChI=1S/C17H22N4O2/c1-3-9-21(4-2)16-6-5-13(10-19-16)17(23)20-15-11-18-8-7-14(15)12-22/h5-8,10-11,22H,3-4,9,12H2,1-2H3,(H,20,23). The van der Waals surface area contributed by atoms with Crippen LogP contribution >= 0.6 is 0 Å². The second-order valence-electron chi connectivity index (χ2n) is 5.13. The van der Waals surface area contributed by atoms with E-state index in [-0.39, 0.29) is 12.5 Å². The number of rotatable bonds is 7. The van der Waals surface area contributed by atoms with Gasteiger partial charge in [-0.15, -0.1) is 0 Å². The number of carbonyl (C=O) groups is 1. The first-order valence-electron chi connectivity index (χ1n) is 7.75. The fourth-order valence-corrected chi connectivity index (χ4v) is 2.28. The highest BCUT2D eigenvalue weighted by Crippen LogP contribution is 2.16. The fraction of sp³-hybridized carbons (Fsp3) is 0.353. The number of hydrogen-bond donors (Lipinski definition) is 2. The summed E-state index contributed by atoms with van der Waals surface area (Å²) in [6, 6.07) is 5.27. The lowest BCUT2D eigenvalue weighted by molar-refractivity contribution is 0.102. The Balaban J connectivity index is 2.11. The molecule has 0 saturated heterocycles. The summed E-state index contributed by atoms with van der Waals surface area (Å²) in [5.74, 6) is 0.591. The number of amides is 1. The van der Waals surface area contributed by atoms with Crippen LogP contribution in [0.4, 0.5) is 11.5 Å². The van der Waals surface area contributed by atoms with Gasteiger partial charge in [0, 0.05) is 31.0 Å². The zero-order valence-electron chi connectivity index (χ0n) is 13.5. The Morgan fingerprint density at radius 2 is 2.09 bits per heavy atom. The van der Waals surface area contributed by atoms with Gasteiger partial charge in [-0.25, -0.2) is 4.98 Å². The molecule has 0 fully saturated rings. The number of aliphatic hydroxyl groups is 1. The van der Waals surface area contributed by atoms with Crippen LogP contribution in [0.15, 0.2) is 36.8 Å². The highest BCUT2D eigenvalue weighted by Gasteiger charge is 2.11. The first-order chi connectivity index (χ1) is 11.2. The van der Waals surface area contributed by atoms with Crippen molar-refractivity contribution in [2.45, 2.75) is 26.9 Å². The SMILES string of the molecule is CCCN(CC)c1ccc(C(=O)Nc2cnccc2CO)cn1. The van der Waals surface area contributed by atoms with Crippen LogP contribution in [0.3, 0.4) is 0 Å².